The van der Waals surface area contributed by atoms with E-state index in [2.05, 4.69) is 4.90 Å². The molecule has 1 aromatic rings. The van der Waals surface area contributed by atoms with Gasteiger partial charge in [-0.2, -0.15) is 0 Å². The van der Waals surface area contributed by atoms with Crippen LogP contribution in [-0.4, -0.2) is 35.6 Å². The lowest BCUT2D eigenvalue weighted by molar-refractivity contribution is -0.123. The summed E-state index contributed by atoms with van der Waals surface area (Å²) in [6, 6.07) is 5.55. The number of hydrogen-bond acceptors (Lipinski definition) is 4. The molecule has 0 bridgehead atoms. The van der Waals surface area contributed by atoms with Crippen LogP contribution in [0.3, 0.4) is 0 Å². The number of primary amides is 1. The average Bonchev–Trinajstić information content (AvgIpc) is 2.44. The summed E-state index contributed by atoms with van der Waals surface area (Å²) in [5.74, 6) is 0.531. The predicted octanol–water partition coefficient (Wildman–Crippen LogP) is 1.49. The summed E-state index contributed by atoms with van der Waals surface area (Å²) in [7, 11) is 0. The van der Waals surface area contributed by atoms with Crippen molar-refractivity contribution in [2.45, 2.75) is 26.3 Å². The van der Waals surface area contributed by atoms with Crippen LogP contribution in [0.2, 0.25) is 0 Å². The van der Waals surface area contributed by atoms with Gasteiger partial charge in [-0.3, -0.25) is 9.69 Å². The molecule has 0 spiro atoms. The lowest BCUT2D eigenvalue weighted by Crippen LogP contribution is -2.38. The molecule has 0 unspecified atom stereocenters. The van der Waals surface area contributed by atoms with Crippen LogP contribution < -0.4 is 10.5 Å². The van der Waals surface area contributed by atoms with Crippen molar-refractivity contribution in [3.8, 4) is 11.5 Å². The zero-order chi connectivity index (χ0) is 14.5. The number of rotatable bonds is 5. The van der Waals surface area contributed by atoms with Crippen molar-refractivity contribution < 1.29 is 14.6 Å². The number of nitrogens with two attached hydrogens (primary N) is 1. The van der Waals surface area contributed by atoms with E-state index in [0.717, 1.165) is 31.5 Å². The summed E-state index contributed by atoms with van der Waals surface area (Å²) in [6.45, 7) is 4.73. The van der Waals surface area contributed by atoms with Crippen molar-refractivity contribution in [3.63, 3.8) is 0 Å². The van der Waals surface area contributed by atoms with Gasteiger partial charge >= 0.3 is 0 Å². The molecule has 1 aliphatic heterocycles. The van der Waals surface area contributed by atoms with E-state index in [0.29, 0.717) is 18.9 Å². The highest BCUT2D eigenvalue weighted by molar-refractivity contribution is 5.76. The highest BCUT2D eigenvalue weighted by atomic mass is 16.5. The minimum Gasteiger partial charge on any atom is -0.504 e. The Bertz CT molecular complexity index is 468. The smallest absolute Gasteiger partial charge is 0.220 e. The van der Waals surface area contributed by atoms with Crippen molar-refractivity contribution in [2.75, 3.05) is 19.7 Å². The summed E-state index contributed by atoms with van der Waals surface area (Å²) in [4.78, 5) is 13.4. The molecule has 0 atom stereocenters. The number of phenolic OH excluding ortho intramolecular Hbond substituents is 1. The molecule has 5 nitrogen and oxygen atoms in total. The van der Waals surface area contributed by atoms with E-state index >= 15 is 0 Å². The van der Waals surface area contributed by atoms with Gasteiger partial charge in [0.1, 0.15) is 0 Å². The first kappa shape index (κ1) is 14.7. The van der Waals surface area contributed by atoms with Gasteiger partial charge in [0.2, 0.25) is 5.91 Å². The van der Waals surface area contributed by atoms with Crippen LogP contribution >= 0.6 is 0 Å². The van der Waals surface area contributed by atoms with Gasteiger partial charge in [0, 0.05) is 18.0 Å². The zero-order valence-corrected chi connectivity index (χ0v) is 11.8. The fourth-order valence-corrected chi connectivity index (χ4v) is 2.58. The number of carbonyl (C=O) groups is 1. The van der Waals surface area contributed by atoms with Crippen molar-refractivity contribution in [1.29, 1.82) is 0 Å². The van der Waals surface area contributed by atoms with Crippen LogP contribution in [0.15, 0.2) is 18.2 Å². The van der Waals surface area contributed by atoms with Crippen LogP contribution in [-0.2, 0) is 11.3 Å². The number of amides is 1. The predicted molar refractivity (Wildman–Crippen MR) is 76.5 cm³/mol. The molecule has 110 valence electrons. The van der Waals surface area contributed by atoms with Gasteiger partial charge in [0.25, 0.3) is 0 Å². The lowest BCUT2D eigenvalue weighted by atomic mass is 9.96. The van der Waals surface area contributed by atoms with Gasteiger partial charge in [-0.05, 0) is 38.9 Å². The molecule has 1 aliphatic rings. The van der Waals surface area contributed by atoms with Crippen LogP contribution in [0.1, 0.15) is 25.3 Å². The maximum absolute atomic E-state index is 11.1. The van der Waals surface area contributed by atoms with Crippen LogP contribution in [0.5, 0.6) is 11.5 Å². The van der Waals surface area contributed by atoms with Gasteiger partial charge in [-0.1, -0.05) is 12.1 Å². The molecule has 5 heteroatoms. The second kappa shape index (κ2) is 6.61. The summed E-state index contributed by atoms with van der Waals surface area (Å²) in [5, 5.41) is 10.2. The van der Waals surface area contributed by atoms with Crippen LogP contribution in [0.25, 0.3) is 0 Å². The molecule has 1 saturated heterocycles. The molecule has 2 rings (SSSR count). The number of nitrogens with zero attached hydrogens (tertiary/aromatic N) is 1. The van der Waals surface area contributed by atoms with Gasteiger partial charge in [-0.25, -0.2) is 0 Å². The van der Waals surface area contributed by atoms with E-state index < -0.39 is 0 Å². The molecule has 1 fully saturated rings. The molecule has 20 heavy (non-hydrogen) atoms. The molecular formula is C15H22N2O3. The van der Waals surface area contributed by atoms with Crippen molar-refractivity contribution in [1.82, 2.24) is 4.90 Å². The number of carbonyl (C=O) groups excluding carboxylic acids is 1. The quantitative estimate of drug-likeness (QED) is 0.855. The molecule has 3 N–H and O–H groups in total. The second-order valence-electron chi connectivity index (χ2n) is 5.15. The summed E-state index contributed by atoms with van der Waals surface area (Å²) in [5.41, 5.74) is 6.18. The van der Waals surface area contributed by atoms with E-state index in [1.165, 1.54) is 0 Å². The molecule has 1 heterocycles. The van der Waals surface area contributed by atoms with Crippen molar-refractivity contribution >= 4 is 5.91 Å². The maximum atomic E-state index is 11.1. The van der Waals surface area contributed by atoms with Gasteiger partial charge in [-0.15, -0.1) is 0 Å². The van der Waals surface area contributed by atoms with E-state index in [-0.39, 0.29) is 17.6 Å². The minimum absolute atomic E-state index is 0.00499. The van der Waals surface area contributed by atoms with E-state index in [1.54, 1.807) is 6.07 Å². The number of piperidine rings is 1. The molecule has 0 radical (unpaired) electrons. The number of benzene rings is 1. The minimum atomic E-state index is -0.203. The van der Waals surface area contributed by atoms with E-state index in [1.807, 2.05) is 19.1 Å². The molecule has 1 amide bonds. The third-order valence-electron chi connectivity index (χ3n) is 3.77. The van der Waals surface area contributed by atoms with Crippen LogP contribution in [0.4, 0.5) is 0 Å². The maximum Gasteiger partial charge on any atom is 0.220 e. The Labute approximate surface area is 119 Å². The third kappa shape index (κ3) is 3.42. The highest BCUT2D eigenvalue weighted by Crippen LogP contribution is 2.31. The Hall–Kier alpha value is -1.75. The van der Waals surface area contributed by atoms with E-state index in [9.17, 15) is 9.90 Å². The van der Waals surface area contributed by atoms with Gasteiger partial charge < -0.3 is 15.6 Å². The Kier molecular flexibility index (Phi) is 4.84. The fraction of sp³-hybridized carbons (Fsp3) is 0.533. The zero-order valence-electron chi connectivity index (χ0n) is 11.8. The summed E-state index contributed by atoms with van der Waals surface area (Å²) in [6.07, 6.45) is 1.59. The van der Waals surface area contributed by atoms with Crippen LogP contribution in [0, 0.1) is 5.92 Å². The summed E-state index contributed by atoms with van der Waals surface area (Å²) < 4.78 is 5.39. The standard InChI is InChI=1S/C15H22N2O3/c1-2-20-13-5-3-4-12(14(13)18)10-17-8-6-11(7-9-17)15(16)19/h3-5,11,18H,2,6-10H2,1H3,(H2,16,19). The monoisotopic (exact) mass is 278 g/mol. The molecule has 0 saturated carbocycles. The SMILES string of the molecule is CCOc1cccc(CN2CCC(C(N)=O)CC2)c1O. The number of likely N-dealkylation sites (tertiary alicyclic amines) is 1. The average molecular weight is 278 g/mol. The molecule has 0 aromatic heterocycles. The van der Waals surface area contributed by atoms with Crippen molar-refractivity contribution in [2.24, 2.45) is 11.7 Å². The first-order chi connectivity index (χ1) is 9.61. The Balaban J connectivity index is 1.97. The van der Waals surface area contributed by atoms with E-state index in [4.69, 9.17) is 10.5 Å². The number of hydrogen-bond donors (Lipinski definition) is 2. The Morgan fingerprint density at radius 1 is 1.45 bits per heavy atom. The normalized spacial score (nSPS) is 17.1. The number of ether oxygens (including phenoxy) is 1. The second-order valence-corrected chi connectivity index (χ2v) is 5.15. The first-order valence-electron chi connectivity index (χ1n) is 7.07. The van der Waals surface area contributed by atoms with Gasteiger partial charge in [0.05, 0.1) is 6.61 Å². The van der Waals surface area contributed by atoms with Crippen molar-refractivity contribution in [3.05, 3.63) is 23.8 Å². The fourth-order valence-electron chi connectivity index (χ4n) is 2.58. The Morgan fingerprint density at radius 3 is 2.75 bits per heavy atom. The largest absolute Gasteiger partial charge is 0.504 e. The Morgan fingerprint density at radius 2 is 2.15 bits per heavy atom. The number of para-hydroxylation sites is 1. The third-order valence-corrected chi connectivity index (χ3v) is 3.77. The number of phenols is 1. The number of aromatic hydroxyl groups is 1. The topological polar surface area (TPSA) is 75.8 Å². The molecule has 0 aliphatic carbocycles. The van der Waals surface area contributed by atoms with Gasteiger partial charge in [0.15, 0.2) is 11.5 Å². The molecular weight excluding hydrogens is 256 g/mol. The first-order valence-corrected chi connectivity index (χ1v) is 7.07. The summed E-state index contributed by atoms with van der Waals surface area (Å²) >= 11 is 0. The highest BCUT2D eigenvalue weighted by Gasteiger charge is 2.23. The molecule has 1 aromatic carbocycles. The lowest BCUT2D eigenvalue weighted by Gasteiger charge is -2.30.